The molecule has 3 heterocycles. The van der Waals surface area contributed by atoms with Crippen molar-refractivity contribution < 1.29 is 9.26 Å². The zero-order valence-corrected chi connectivity index (χ0v) is 13.7. The standard InChI is InChI=1S/C15H19N7O2/c1-9(2)23-14-7-13(20-21-14)18-12-4-5-16-15(19-12)17-8-11-6-10(3)24-22-11/h4-7,9H,8H2,1-3H3,(H3,16,17,18,19,20,21). The Morgan fingerprint density at radius 1 is 1.33 bits per heavy atom. The molecule has 24 heavy (non-hydrogen) atoms. The molecule has 0 saturated heterocycles. The molecule has 126 valence electrons. The Hall–Kier alpha value is -3.10. The van der Waals surface area contributed by atoms with Gasteiger partial charge < -0.3 is 19.9 Å². The maximum Gasteiger partial charge on any atom is 0.234 e. The molecule has 3 N–H and O–H groups in total. The van der Waals surface area contributed by atoms with Gasteiger partial charge in [-0.1, -0.05) is 5.16 Å². The van der Waals surface area contributed by atoms with Gasteiger partial charge in [-0.2, -0.15) is 4.98 Å². The zero-order chi connectivity index (χ0) is 16.9. The number of aryl methyl sites for hydroxylation is 1. The molecular weight excluding hydrogens is 310 g/mol. The summed E-state index contributed by atoms with van der Waals surface area (Å²) in [5.74, 6) is 3.09. The Bertz CT molecular complexity index is 796. The molecule has 0 aromatic carbocycles. The van der Waals surface area contributed by atoms with Crippen LogP contribution in [0.3, 0.4) is 0 Å². The fraction of sp³-hybridized carbons (Fsp3) is 0.333. The molecule has 3 rings (SSSR count). The lowest BCUT2D eigenvalue weighted by Crippen LogP contribution is -2.05. The van der Waals surface area contributed by atoms with Crippen LogP contribution in [0.2, 0.25) is 0 Å². The van der Waals surface area contributed by atoms with Crippen LogP contribution in [-0.2, 0) is 6.54 Å². The first-order chi connectivity index (χ1) is 11.6. The van der Waals surface area contributed by atoms with Crippen LogP contribution in [0.5, 0.6) is 5.88 Å². The molecule has 0 aliphatic carbocycles. The van der Waals surface area contributed by atoms with E-state index in [2.05, 4.69) is 36.0 Å². The van der Waals surface area contributed by atoms with Crippen LogP contribution in [0.4, 0.5) is 17.6 Å². The quantitative estimate of drug-likeness (QED) is 0.606. The van der Waals surface area contributed by atoms with E-state index >= 15 is 0 Å². The number of nitrogens with zero attached hydrogens (tertiary/aromatic N) is 4. The minimum Gasteiger partial charge on any atom is -0.474 e. The Kier molecular flexibility index (Phi) is 4.59. The largest absolute Gasteiger partial charge is 0.474 e. The Labute approximate surface area is 138 Å². The maximum absolute atomic E-state index is 5.50. The molecule has 0 saturated carbocycles. The van der Waals surface area contributed by atoms with Crippen molar-refractivity contribution in [3.05, 3.63) is 35.9 Å². The van der Waals surface area contributed by atoms with Crippen molar-refractivity contribution >= 4 is 17.6 Å². The molecule has 0 aliphatic heterocycles. The number of aromatic amines is 1. The highest BCUT2D eigenvalue weighted by atomic mass is 16.5. The van der Waals surface area contributed by atoms with Gasteiger partial charge in [0.2, 0.25) is 11.8 Å². The summed E-state index contributed by atoms with van der Waals surface area (Å²) in [4.78, 5) is 8.56. The lowest BCUT2D eigenvalue weighted by molar-refractivity contribution is 0.232. The fourth-order valence-corrected chi connectivity index (χ4v) is 1.99. The van der Waals surface area contributed by atoms with Gasteiger partial charge in [-0.05, 0) is 26.8 Å². The molecule has 3 aromatic rings. The molecule has 0 fully saturated rings. The lowest BCUT2D eigenvalue weighted by atomic mass is 10.4. The third kappa shape index (κ3) is 4.22. The first-order valence-corrected chi connectivity index (χ1v) is 7.56. The number of nitrogens with one attached hydrogen (secondary N) is 3. The normalized spacial score (nSPS) is 10.8. The number of anilines is 3. The third-order valence-corrected chi connectivity index (χ3v) is 2.93. The molecule has 9 nitrogen and oxygen atoms in total. The molecule has 0 atom stereocenters. The molecule has 0 radical (unpaired) electrons. The van der Waals surface area contributed by atoms with Crippen molar-refractivity contribution in [3.63, 3.8) is 0 Å². The van der Waals surface area contributed by atoms with Crippen molar-refractivity contribution in [2.45, 2.75) is 33.4 Å². The Morgan fingerprint density at radius 3 is 2.96 bits per heavy atom. The van der Waals surface area contributed by atoms with Crippen LogP contribution >= 0.6 is 0 Å². The van der Waals surface area contributed by atoms with Gasteiger partial charge in [-0.15, -0.1) is 5.10 Å². The van der Waals surface area contributed by atoms with E-state index < -0.39 is 0 Å². The van der Waals surface area contributed by atoms with E-state index in [-0.39, 0.29) is 6.10 Å². The highest BCUT2D eigenvalue weighted by molar-refractivity contribution is 5.53. The number of H-pyrrole nitrogens is 1. The minimum absolute atomic E-state index is 0.0659. The number of hydrogen-bond donors (Lipinski definition) is 3. The summed E-state index contributed by atoms with van der Waals surface area (Å²) >= 11 is 0. The summed E-state index contributed by atoms with van der Waals surface area (Å²) in [6, 6.07) is 5.39. The molecule has 9 heteroatoms. The Balaban J connectivity index is 1.61. The molecule has 0 bridgehead atoms. The van der Waals surface area contributed by atoms with Crippen LogP contribution < -0.4 is 15.4 Å². The maximum atomic E-state index is 5.50. The number of hydrogen-bond acceptors (Lipinski definition) is 8. The van der Waals surface area contributed by atoms with Gasteiger partial charge in [0.15, 0.2) is 0 Å². The van der Waals surface area contributed by atoms with Gasteiger partial charge >= 0.3 is 0 Å². The third-order valence-electron chi connectivity index (χ3n) is 2.93. The van der Waals surface area contributed by atoms with Gasteiger partial charge in [0, 0.05) is 18.3 Å². The first-order valence-electron chi connectivity index (χ1n) is 7.56. The van der Waals surface area contributed by atoms with Crippen LogP contribution in [0, 0.1) is 6.92 Å². The van der Waals surface area contributed by atoms with Crippen molar-refractivity contribution in [1.29, 1.82) is 0 Å². The first kappa shape index (κ1) is 15.8. The van der Waals surface area contributed by atoms with Crippen molar-refractivity contribution in [1.82, 2.24) is 25.3 Å². The zero-order valence-electron chi connectivity index (χ0n) is 13.7. The van der Waals surface area contributed by atoms with Gasteiger partial charge in [-0.25, -0.2) is 4.98 Å². The van der Waals surface area contributed by atoms with Gasteiger partial charge in [0.25, 0.3) is 0 Å². The molecule has 0 unspecified atom stereocenters. The van der Waals surface area contributed by atoms with E-state index in [1.54, 1.807) is 18.3 Å². The summed E-state index contributed by atoms with van der Waals surface area (Å²) in [5, 5.41) is 17.0. The van der Waals surface area contributed by atoms with Crippen molar-refractivity contribution in [2.24, 2.45) is 0 Å². The second kappa shape index (κ2) is 6.99. The summed E-state index contributed by atoms with van der Waals surface area (Å²) in [6.45, 7) is 6.22. The monoisotopic (exact) mass is 329 g/mol. The number of aromatic nitrogens is 5. The minimum atomic E-state index is 0.0659. The van der Waals surface area contributed by atoms with Crippen molar-refractivity contribution in [2.75, 3.05) is 10.6 Å². The van der Waals surface area contributed by atoms with Crippen LogP contribution in [0.25, 0.3) is 0 Å². The highest BCUT2D eigenvalue weighted by Gasteiger charge is 2.06. The van der Waals surface area contributed by atoms with E-state index in [4.69, 9.17) is 9.26 Å². The van der Waals surface area contributed by atoms with Crippen LogP contribution in [0.1, 0.15) is 25.3 Å². The molecule has 0 spiro atoms. The second-order valence-electron chi connectivity index (χ2n) is 5.46. The van der Waals surface area contributed by atoms with E-state index in [9.17, 15) is 0 Å². The highest BCUT2D eigenvalue weighted by Crippen LogP contribution is 2.18. The predicted molar refractivity (Wildman–Crippen MR) is 88.2 cm³/mol. The number of ether oxygens (including phenoxy) is 1. The summed E-state index contributed by atoms with van der Waals surface area (Å²) in [7, 11) is 0. The van der Waals surface area contributed by atoms with E-state index in [1.807, 2.05) is 26.8 Å². The summed E-state index contributed by atoms with van der Waals surface area (Å²) in [5.41, 5.74) is 0.790. The van der Waals surface area contributed by atoms with E-state index in [1.165, 1.54) is 0 Å². The Morgan fingerprint density at radius 2 is 2.21 bits per heavy atom. The second-order valence-corrected chi connectivity index (χ2v) is 5.46. The predicted octanol–water partition coefficient (Wildman–Crippen LogP) is 2.64. The average molecular weight is 329 g/mol. The number of rotatable bonds is 7. The molecular formula is C15H19N7O2. The SMILES string of the molecule is Cc1cc(CNc2nccc(Nc3cc(OC(C)C)n[nH]3)n2)no1. The van der Waals surface area contributed by atoms with Crippen LogP contribution in [-0.4, -0.2) is 31.4 Å². The molecule has 3 aromatic heterocycles. The molecule has 0 aliphatic rings. The van der Waals surface area contributed by atoms with Gasteiger partial charge in [0.05, 0.1) is 12.6 Å². The van der Waals surface area contributed by atoms with E-state index in [0.29, 0.717) is 30.0 Å². The molecule has 0 amide bonds. The van der Waals surface area contributed by atoms with Crippen LogP contribution in [0.15, 0.2) is 28.9 Å². The smallest absolute Gasteiger partial charge is 0.234 e. The van der Waals surface area contributed by atoms with Crippen molar-refractivity contribution in [3.8, 4) is 5.88 Å². The summed E-state index contributed by atoms with van der Waals surface area (Å²) in [6.07, 6.45) is 1.73. The average Bonchev–Trinajstić information content (AvgIpc) is 3.14. The van der Waals surface area contributed by atoms with Gasteiger partial charge in [0.1, 0.15) is 23.1 Å². The lowest BCUT2D eigenvalue weighted by Gasteiger charge is -2.06. The fourth-order valence-electron chi connectivity index (χ4n) is 1.99. The van der Waals surface area contributed by atoms with Gasteiger partial charge in [-0.3, -0.25) is 5.10 Å². The van der Waals surface area contributed by atoms with E-state index in [0.717, 1.165) is 11.5 Å². The topological polar surface area (TPSA) is 114 Å². The summed E-state index contributed by atoms with van der Waals surface area (Å²) < 4.78 is 10.5.